The fraction of sp³-hybridized carbons (Fsp3) is 0.600. The summed E-state index contributed by atoms with van der Waals surface area (Å²) in [6.45, 7) is 3.80. The summed E-state index contributed by atoms with van der Waals surface area (Å²) in [6, 6.07) is 0.761. The van der Waals surface area contributed by atoms with Crippen LogP contribution >= 0.6 is 23.1 Å². The molecule has 0 bridgehead atoms. The zero-order chi connectivity index (χ0) is 15.3. The van der Waals surface area contributed by atoms with Gasteiger partial charge in [-0.3, -0.25) is 10.1 Å². The molecule has 7 nitrogen and oxygen atoms in total. The third-order valence-corrected chi connectivity index (χ3v) is 6.38. The molecule has 20 heavy (non-hydrogen) atoms. The molecule has 114 valence electrons. The maximum Gasteiger partial charge on any atom is 0.304 e. The van der Waals surface area contributed by atoms with Gasteiger partial charge in [-0.2, -0.15) is 11.8 Å². The summed E-state index contributed by atoms with van der Waals surface area (Å²) in [7, 11) is -3.76. The van der Waals surface area contributed by atoms with Crippen molar-refractivity contribution in [1.29, 1.82) is 0 Å². The third kappa shape index (κ3) is 4.62. The molecule has 0 aliphatic carbocycles. The minimum Gasteiger partial charge on any atom is -0.385 e. The molecule has 0 saturated carbocycles. The summed E-state index contributed by atoms with van der Waals surface area (Å²) in [5.41, 5.74) is 5.08. The van der Waals surface area contributed by atoms with Gasteiger partial charge in [-0.1, -0.05) is 18.3 Å². The summed E-state index contributed by atoms with van der Waals surface area (Å²) in [4.78, 5) is 9.98. The number of nitrogens with one attached hydrogen (secondary N) is 1. The van der Waals surface area contributed by atoms with E-state index in [1.807, 2.05) is 6.92 Å². The minimum absolute atomic E-state index is 0.107. The van der Waals surface area contributed by atoms with E-state index in [4.69, 9.17) is 5.73 Å². The van der Waals surface area contributed by atoms with E-state index in [0.717, 1.165) is 17.6 Å². The van der Waals surface area contributed by atoms with Crippen LogP contribution in [0.15, 0.2) is 10.3 Å². The first-order valence-electron chi connectivity index (χ1n) is 5.91. The van der Waals surface area contributed by atoms with Crippen molar-refractivity contribution in [3.63, 3.8) is 0 Å². The van der Waals surface area contributed by atoms with Crippen LogP contribution in [0.2, 0.25) is 0 Å². The lowest BCUT2D eigenvalue weighted by atomic mass is 10.3. The highest BCUT2D eigenvalue weighted by Crippen LogP contribution is 2.34. The summed E-state index contributed by atoms with van der Waals surface area (Å²) in [5.74, 6) is 1.83. The first kappa shape index (κ1) is 17.2. The maximum absolute atomic E-state index is 12.1. The molecule has 1 atom stereocenters. The minimum atomic E-state index is -3.76. The number of thioether (sulfide) groups is 1. The Balaban J connectivity index is 2.78. The molecule has 1 unspecified atom stereocenters. The molecular weight excluding hydrogens is 322 g/mol. The lowest BCUT2D eigenvalue weighted by Gasteiger charge is -2.12. The molecule has 0 amide bonds. The Morgan fingerprint density at radius 1 is 1.60 bits per heavy atom. The molecule has 0 aliphatic heterocycles. The Morgan fingerprint density at radius 2 is 2.25 bits per heavy atom. The Bertz CT molecular complexity index is 570. The monoisotopic (exact) mass is 339 g/mol. The van der Waals surface area contributed by atoms with Crippen LogP contribution in [-0.4, -0.2) is 30.9 Å². The van der Waals surface area contributed by atoms with Crippen molar-refractivity contribution >= 4 is 43.8 Å². The molecule has 3 N–H and O–H groups in total. The topological polar surface area (TPSA) is 115 Å². The van der Waals surface area contributed by atoms with Gasteiger partial charge in [0.05, 0.1) is 4.92 Å². The van der Waals surface area contributed by atoms with Crippen LogP contribution in [0.5, 0.6) is 0 Å². The number of hydrogen-bond acceptors (Lipinski definition) is 7. The van der Waals surface area contributed by atoms with Gasteiger partial charge in [-0.05, 0) is 24.9 Å². The first-order chi connectivity index (χ1) is 9.27. The Labute approximate surface area is 126 Å². The molecule has 1 aromatic rings. The van der Waals surface area contributed by atoms with Gasteiger partial charge >= 0.3 is 5.69 Å². The van der Waals surface area contributed by atoms with Crippen molar-refractivity contribution in [2.75, 3.05) is 17.2 Å². The molecule has 0 aromatic carbocycles. The molecule has 1 aromatic heterocycles. The molecule has 0 saturated heterocycles. The molecule has 0 radical (unpaired) electrons. The highest BCUT2D eigenvalue weighted by atomic mass is 32.2. The van der Waals surface area contributed by atoms with Gasteiger partial charge in [0.25, 0.3) is 10.0 Å². The van der Waals surface area contributed by atoms with Crippen LogP contribution in [0.1, 0.15) is 20.3 Å². The predicted octanol–water partition coefficient (Wildman–Crippen LogP) is 2.05. The Kier molecular flexibility index (Phi) is 6.24. The number of anilines is 1. The van der Waals surface area contributed by atoms with Gasteiger partial charge in [0.2, 0.25) is 0 Å². The van der Waals surface area contributed by atoms with Crippen molar-refractivity contribution < 1.29 is 13.3 Å². The zero-order valence-electron chi connectivity index (χ0n) is 11.2. The van der Waals surface area contributed by atoms with Crippen molar-refractivity contribution in [3.8, 4) is 0 Å². The van der Waals surface area contributed by atoms with Gasteiger partial charge in [-0.15, -0.1) is 0 Å². The third-order valence-electron chi connectivity index (χ3n) is 2.43. The van der Waals surface area contributed by atoms with Crippen LogP contribution in [0.4, 0.5) is 10.7 Å². The fourth-order valence-corrected chi connectivity index (χ4v) is 4.75. The van der Waals surface area contributed by atoms with E-state index >= 15 is 0 Å². The number of hydrogen-bond donors (Lipinski definition) is 2. The molecule has 0 fully saturated rings. The molecule has 0 aliphatic rings. The highest BCUT2D eigenvalue weighted by Gasteiger charge is 2.25. The number of sulfonamides is 1. The summed E-state index contributed by atoms with van der Waals surface area (Å²) >= 11 is 2.43. The van der Waals surface area contributed by atoms with Crippen molar-refractivity contribution in [2.24, 2.45) is 0 Å². The number of nitro groups is 1. The van der Waals surface area contributed by atoms with Crippen LogP contribution in [0.25, 0.3) is 0 Å². The van der Waals surface area contributed by atoms with Gasteiger partial charge in [0.15, 0.2) is 5.00 Å². The van der Waals surface area contributed by atoms with Crippen molar-refractivity contribution in [3.05, 3.63) is 16.2 Å². The largest absolute Gasteiger partial charge is 0.385 e. The van der Waals surface area contributed by atoms with Crippen LogP contribution in [-0.2, 0) is 10.0 Å². The average Bonchev–Trinajstić information content (AvgIpc) is 2.72. The lowest BCUT2D eigenvalue weighted by molar-refractivity contribution is -0.383. The number of rotatable bonds is 8. The summed E-state index contributed by atoms with van der Waals surface area (Å²) in [6.07, 6.45) is 0.695. The van der Waals surface area contributed by atoms with Crippen LogP contribution < -0.4 is 10.5 Å². The predicted molar refractivity (Wildman–Crippen MR) is 82.8 cm³/mol. The molecule has 1 heterocycles. The lowest BCUT2D eigenvalue weighted by Crippen LogP contribution is -2.32. The standard InChI is InChI=1S/C10H17N3O4S3/c1-3-18-5-4-7(2)12-20(16,17)9-6-8(13(14)15)10(11)19-9/h6-7,12H,3-5,11H2,1-2H3. The average molecular weight is 339 g/mol. The van der Waals surface area contributed by atoms with E-state index in [1.54, 1.807) is 18.7 Å². The molecule has 10 heteroatoms. The SMILES string of the molecule is CCSCCC(C)NS(=O)(=O)c1cc([N+](=O)[O-])c(N)s1. The highest BCUT2D eigenvalue weighted by molar-refractivity contribution is 7.99. The summed E-state index contributed by atoms with van der Waals surface area (Å²) < 4.78 is 26.5. The van der Waals surface area contributed by atoms with Gasteiger partial charge in [0.1, 0.15) is 4.21 Å². The Hall–Kier alpha value is -0.840. The van der Waals surface area contributed by atoms with E-state index in [2.05, 4.69) is 4.72 Å². The second-order valence-corrected chi connectivity index (χ2v) is 8.50. The molecular formula is C10H17N3O4S3. The number of nitrogens with two attached hydrogens (primary N) is 1. The molecule has 1 rings (SSSR count). The molecule has 0 spiro atoms. The van der Waals surface area contributed by atoms with Gasteiger partial charge in [0, 0.05) is 12.1 Å². The smallest absolute Gasteiger partial charge is 0.304 e. The zero-order valence-corrected chi connectivity index (χ0v) is 13.6. The second kappa shape index (κ2) is 7.25. The number of nitrogen functional groups attached to an aromatic ring is 1. The van der Waals surface area contributed by atoms with E-state index in [-0.39, 0.29) is 20.9 Å². The Morgan fingerprint density at radius 3 is 2.75 bits per heavy atom. The summed E-state index contributed by atoms with van der Waals surface area (Å²) in [5, 5.41) is 10.6. The van der Waals surface area contributed by atoms with Crippen LogP contribution in [0.3, 0.4) is 0 Å². The van der Waals surface area contributed by atoms with Crippen molar-refractivity contribution in [1.82, 2.24) is 4.72 Å². The van der Waals surface area contributed by atoms with Gasteiger partial charge < -0.3 is 5.73 Å². The number of nitrogens with zero attached hydrogens (tertiary/aromatic N) is 1. The maximum atomic E-state index is 12.1. The van der Waals surface area contributed by atoms with Crippen LogP contribution in [0, 0.1) is 10.1 Å². The van der Waals surface area contributed by atoms with Crippen molar-refractivity contribution in [2.45, 2.75) is 30.5 Å². The normalized spacial score (nSPS) is 13.3. The first-order valence-corrected chi connectivity index (χ1v) is 9.37. The van der Waals surface area contributed by atoms with E-state index in [1.165, 1.54) is 0 Å². The second-order valence-electron chi connectivity index (χ2n) is 4.08. The quantitative estimate of drug-likeness (QED) is 0.425. The van der Waals surface area contributed by atoms with Gasteiger partial charge in [-0.25, -0.2) is 13.1 Å². The van der Waals surface area contributed by atoms with E-state index in [0.29, 0.717) is 17.8 Å². The van der Waals surface area contributed by atoms with E-state index < -0.39 is 14.9 Å². The fourth-order valence-electron chi connectivity index (χ4n) is 1.43. The number of thiophene rings is 1. The van der Waals surface area contributed by atoms with E-state index in [9.17, 15) is 18.5 Å².